The van der Waals surface area contributed by atoms with Crippen LogP contribution in [0.3, 0.4) is 0 Å². The summed E-state index contributed by atoms with van der Waals surface area (Å²) in [5, 5.41) is 0. The summed E-state index contributed by atoms with van der Waals surface area (Å²) in [4.78, 5) is 2.24. The van der Waals surface area contributed by atoms with Crippen molar-refractivity contribution in [3.63, 3.8) is 0 Å². The zero-order valence-corrected chi connectivity index (χ0v) is 13.4. The Hall–Kier alpha value is -0.880. The first-order chi connectivity index (χ1) is 9.06. The van der Waals surface area contributed by atoms with Crippen LogP contribution in [0.2, 0.25) is 0 Å². The Kier molecular flexibility index (Phi) is 4.62. The molecule has 0 aliphatic carbocycles. The van der Waals surface area contributed by atoms with E-state index in [4.69, 9.17) is 0 Å². The van der Waals surface area contributed by atoms with E-state index >= 15 is 0 Å². The van der Waals surface area contributed by atoms with Crippen molar-refractivity contribution < 1.29 is 28.6 Å². The first-order valence-electron chi connectivity index (χ1n) is 5.62. The van der Waals surface area contributed by atoms with Gasteiger partial charge < -0.3 is 0 Å². The Morgan fingerprint density at radius 1 is 0.895 bits per heavy atom. The Morgan fingerprint density at radius 3 is 1.58 bits per heavy atom. The third kappa shape index (κ3) is 3.17. The van der Waals surface area contributed by atoms with E-state index in [0.717, 1.165) is 9.79 Å². The summed E-state index contributed by atoms with van der Waals surface area (Å²) in [5.41, 5.74) is 0. The molecule has 0 heterocycles. The van der Waals surface area contributed by atoms with Crippen LogP contribution in [-0.2, 0) is 0 Å². The van der Waals surface area contributed by atoms with Crippen LogP contribution in [0, 0.1) is 11.6 Å². The minimum absolute atomic E-state index is 0.235. The summed E-state index contributed by atoms with van der Waals surface area (Å²) in [7, 11) is -1.22. The van der Waals surface area contributed by atoms with Gasteiger partial charge in [-0.3, -0.25) is 0 Å². The molecular formula is C15H14F2IS-. The number of hydrogen-bond donors (Lipinski definition) is 0. The van der Waals surface area contributed by atoms with Crippen LogP contribution in [0.1, 0.15) is 0 Å². The van der Waals surface area contributed by atoms with Gasteiger partial charge in [0.25, 0.3) is 0 Å². The molecule has 0 radical (unpaired) electrons. The molecule has 0 bridgehead atoms. The van der Waals surface area contributed by atoms with Crippen molar-refractivity contribution in [2.45, 2.75) is 9.79 Å². The van der Waals surface area contributed by atoms with Crippen molar-refractivity contribution in [3.8, 4) is 0 Å². The second kappa shape index (κ2) is 6.05. The zero-order chi connectivity index (χ0) is 13.9. The van der Waals surface area contributed by atoms with Gasteiger partial charge in [-0.2, -0.15) is 0 Å². The number of benzene rings is 2. The molecular weight excluding hydrogens is 377 g/mol. The van der Waals surface area contributed by atoms with Crippen LogP contribution in [0.4, 0.5) is 8.78 Å². The quantitative estimate of drug-likeness (QED) is 0.700. The van der Waals surface area contributed by atoms with Crippen molar-refractivity contribution in [1.29, 1.82) is 0 Å². The number of halogens is 3. The third-order valence-electron chi connectivity index (χ3n) is 2.75. The SMILES string of the molecule is C=C[I-]S(C)(c1ccc(F)cc1)c1ccc(F)cc1. The van der Waals surface area contributed by atoms with Crippen molar-refractivity contribution in [2.24, 2.45) is 0 Å². The van der Waals surface area contributed by atoms with E-state index in [9.17, 15) is 8.78 Å². The summed E-state index contributed by atoms with van der Waals surface area (Å²) < 4.78 is 28.1. The average Bonchev–Trinajstić information content (AvgIpc) is 2.40. The molecule has 0 aliphatic heterocycles. The monoisotopic (exact) mass is 391 g/mol. The van der Waals surface area contributed by atoms with E-state index in [0.29, 0.717) is 0 Å². The fourth-order valence-electron chi connectivity index (χ4n) is 1.75. The Morgan fingerprint density at radius 2 is 1.26 bits per heavy atom. The van der Waals surface area contributed by atoms with Crippen LogP contribution in [0.15, 0.2) is 69.0 Å². The van der Waals surface area contributed by atoms with Gasteiger partial charge in [0.1, 0.15) is 0 Å². The molecule has 0 aromatic heterocycles. The van der Waals surface area contributed by atoms with E-state index in [1.165, 1.54) is 24.3 Å². The average molecular weight is 391 g/mol. The Bertz CT molecular complexity index is 518. The molecule has 0 unspecified atom stereocenters. The molecule has 2 aromatic rings. The van der Waals surface area contributed by atoms with Gasteiger partial charge >= 0.3 is 123 Å². The maximum atomic E-state index is 13.1. The van der Waals surface area contributed by atoms with Gasteiger partial charge in [0, 0.05) is 0 Å². The Balaban J connectivity index is 2.50. The second-order valence-electron chi connectivity index (χ2n) is 3.97. The molecule has 2 aromatic carbocycles. The molecule has 19 heavy (non-hydrogen) atoms. The molecule has 0 N–H and O–H groups in total. The molecule has 0 fully saturated rings. The molecule has 0 amide bonds. The normalized spacial score (nSPS) is 12.4. The Labute approximate surface area is 122 Å². The third-order valence-corrected chi connectivity index (χ3v) is 12.7. The van der Waals surface area contributed by atoms with Crippen molar-refractivity contribution in [2.75, 3.05) is 6.26 Å². The van der Waals surface area contributed by atoms with Crippen LogP contribution in [0.25, 0.3) is 0 Å². The van der Waals surface area contributed by atoms with Gasteiger partial charge in [-0.15, -0.1) is 0 Å². The molecule has 0 atom stereocenters. The van der Waals surface area contributed by atoms with E-state index in [2.05, 4.69) is 12.8 Å². The van der Waals surface area contributed by atoms with Gasteiger partial charge in [-0.05, 0) is 0 Å². The molecule has 0 aliphatic rings. The van der Waals surface area contributed by atoms with E-state index in [1.54, 1.807) is 0 Å². The fraction of sp³-hybridized carbons (Fsp3) is 0.0667. The van der Waals surface area contributed by atoms with Crippen LogP contribution in [-0.4, -0.2) is 6.26 Å². The molecule has 0 spiro atoms. The van der Waals surface area contributed by atoms with E-state index < -0.39 is 7.20 Å². The van der Waals surface area contributed by atoms with Crippen LogP contribution >= 0.6 is 7.20 Å². The topological polar surface area (TPSA) is 0 Å². The number of rotatable bonds is 4. The van der Waals surface area contributed by atoms with Gasteiger partial charge in [0.2, 0.25) is 0 Å². The van der Waals surface area contributed by atoms with Gasteiger partial charge in [-0.25, -0.2) is 0 Å². The van der Waals surface area contributed by atoms with E-state index in [-0.39, 0.29) is 31.5 Å². The standard InChI is InChI=1S/C15H14F2IS/c1-3-18-19(2,14-8-4-12(16)5-9-14)15-10-6-13(17)7-11-15/h3-11H,1H2,2H3/q-1. The fourth-order valence-corrected chi connectivity index (χ4v) is 9.45. The summed E-state index contributed by atoms with van der Waals surface area (Å²) >= 11 is -0.296. The molecule has 102 valence electrons. The van der Waals surface area contributed by atoms with Crippen LogP contribution < -0.4 is 19.8 Å². The summed E-state index contributed by atoms with van der Waals surface area (Å²) in [5.74, 6) is -0.470. The summed E-state index contributed by atoms with van der Waals surface area (Å²) in [6.07, 6.45) is 2.18. The maximum absolute atomic E-state index is 13.1. The summed E-state index contributed by atoms with van der Waals surface area (Å²) in [6.45, 7) is 3.85. The molecule has 0 saturated carbocycles. The van der Waals surface area contributed by atoms with Crippen LogP contribution in [0.5, 0.6) is 0 Å². The van der Waals surface area contributed by atoms with Crippen molar-refractivity contribution in [1.82, 2.24) is 0 Å². The predicted molar refractivity (Wildman–Crippen MR) is 73.0 cm³/mol. The summed E-state index contributed by atoms with van der Waals surface area (Å²) in [6, 6.07) is 13.3. The zero-order valence-electron chi connectivity index (χ0n) is 10.4. The molecule has 4 heteroatoms. The van der Waals surface area contributed by atoms with Gasteiger partial charge in [-0.1, -0.05) is 0 Å². The number of hydrogen-bond acceptors (Lipinski definition) is 0. The second-order valence-corrected chi connectivity index (χ2v) is 14.4. The first-order valence-corrected chi connectivity index (χ1v) is 11.4. The molecule has 0 nitrogen and oxygen atoms in total. The van der Waals surface area contributed by atoms with Crippen molar-refractivity contribution in [3.05, 3.63) is 70.8 Å². The van der Waals surface area contributed by atoms with Crippen molar-refractivity contribution >= 4 is 7.20 Å². The molecule has 2 rings (SSSR count). The van der Waals surface area contributed by atoms with Gasteiger partial charge in [0.15, 0.2) is 0 Å². The van der Waals surface area contributed by atoms with Gasteiger partial charge in [0.05, 0.1) is 0 Å². The molecule has 0 saturated heterocycles. The first kappa shape index (κ1) is 14.5. The minimum atomic E-state index is -1.22. The predicted octanol–water partition coefficient (Wildman–Crippen LogP) is 1.96. The van der Waals surface area contributed by atoms with E-state index in [1.807, 2.05) is 28.3 Å².